The van der Waals surface area contributed by atoms with Crippen LogP contribution in [0.3, 0.4) is 0 Å². The van der Waals surface area contributed by atoms with Crippen LogP contribution in [-0.2, 0) is 0 Å². The first kappa shape index (κ1) is 35.2. The van der Waals surface area contributed by atoms with Crippen molar-refractivity contribution in [3.63, 3.8) is 0 Å². The third kappa shape index (κ3) is 13.4. The average molecular weight is 537 g/mol. The molecule has 1 saturated heterocycles. The predicted octanol–water partition coefficient (Wildman–Crippen LogP) is 10.4. The Labute approximate surface area is 244 Å². The number of rotatable bonds is 20. The van der Waals surface area contributed by atoms with E-state index in [1.54, 1.807) is 0 Å². The van der Waals surface area contributed by atoms with Crippen molar-refractivity contribution < 1.29 is 0 Å². The molecule has 39 heavy (non-hydrogen) atoms. The molecule has 0 aromatic heterocycles. The molecule has 222 valence electrons. The number of likely N-dealkylation sites (tertiary alicyclic amines) is 1. The van der Waals surface area contributed by atoms with Gasteiger partial charge in [-0.3, -0.25) is 0 Å². The molecule has 1 heterocycles. The van der Waals surface area contributed by atoms with E-state index in [1.807, 2.05) is 7.05 Å². The maximum atomic E-state index is 4.59. The zero-order valence-corrected chi connectivity index (χ0v) is 27.0. The summed E-state index contributed by atoms with van der Waals surface area (Å²) >= 11 is 0. The standard InChI is InChI=1S/C37H64N2/c1-11-19-36-24-16-17-27-39(36)35(9)34(8)37(12-2)32(6)23-18-22-29(3)20-14-13-15-21-30(4)28-33(7)31(5)25-26-38-10/h13-15,20-21,30,32-33,36-38H,5,8-9,11-12,16-19,22-28H2,1-4,6-7,10H3/b14-13+,21-15?,29-20+. The van der Waals surface area contributed by atoms with Crippen molar-refractivity contribution in [1.29, 1.82) is 0 Å². The van der Waals surface area contributed by atoms with E-state index in [9.17, 15) is 0 Å². The summed E-state index contributed by atoms with van der Waals surface area (Å²) in [6, 6.07) is 0.664. The fourth-order valence-corrected chi connectivity index (χ4v) is 6.24. The summed E-state index contributed by atoms with van der Waals surface area (Å²) in [6.07, 6.45) is 24.7. The number of hydrogen-bond donors (Lipinski definition) is 1. The van der Waals surface area contributed by atoms with Gasteiger partial charge in [0.1, 0.15) is 0 Å². The summed E-state index contributed by atoms with van der Waals surface area (Å²) in [4.78, 5) is 2.60. The van der Waals surface area contributed by atoms with Crippen molar-refractivity contribution in [2.45, 2.75) is 118 Å². The Kier molecular flexibility index (Phi) is 18.2. The molecule has 5 atom stereocenters. The molecule has 0 saturated carbocycles. The van der Waals surface area contributed by atoms with E-state index in [4.69, 9.17) is 0 Å². The molecule has 0 aliphatic carbocycles. The van der Waals surface area contributed by atoms with Gasteiger partial charge in [-0.2, -0.15) is 0 Å². The lowest BCUT2D eigenvalue weighted by Gasteiger charge is -2.41. The zero-order chi connectivity index (χ0) is 29.2. The lowest BCUT2D eigenvalue weighted by Crippen LogP contribution is -2.39. The molecular formula is C37H64N2. The fourth-order valence-electron chi connectivity index (χ4n) is 6.24. The SMILES string of the molecule is C=C(CCNC)C(C)CC(C)C=C/C=C/C=C(\C)CCCC(C)C(CC)C(=C)C(=C)N1CCCCC1CCC. The van der Waals surface area contributed by atoms with Gasteiger partial charge in [-0.1, -0.05) is 102 Å². The summed E-state index contributed by atoms with van der Waals surface area (Å²) < 4.78 is 0. The molecule has 0 bridgehead atoms. The Morgan fingerprint density at radius 3 is 2.44 bits per heavy atom. The van der Waals surface area contributed by atoms with Crippen molar-refractivity contribution in [2.24, 2.45) is 23.7 Å². The van der Waals surface area contributed by atoms with Gasteiger partial charge in [-0.15, -0.1) is 0 Å². The van der Waals surface area contributed by atoms with Crippen LogP contribution in [0.1, 0.15) is 112 Å². The topological polar surface area (TPSA) is 15.3 Å². The first-order chi connectivity index (χ1) is 18.7. The fraction of sp³-hybridized carbons (Fsp3) is 0.676. The lowest BCUT2D eigenvalue weighted by atomic mass is 9.80. The third-order valence-electron chi connectivity index (χ3n) is 8.93. The molecule has 1 aliphatic heterocycles. The summed E-state index contributed by atoms with van der Waals surface area (Å²) in [5, 5.41) is 3.22. The Morgan fingerprint density at radius 1 is 1.03 bits per heavy atom. The third-order valence-corrected chi connectivity index (χ3v) is 8.93. The molecule has 1 aliphatic rings. The Balaban J connectivity index is 2.48. The van der Waals surface area contributed by atoms with Crippen molar-refractivity contribution in [3.05, 3.63) is 72.5 Å². The summed E-state index contributed by atoms with van der Waals surface area (Å²) in [6.45, 7) is 29.5. The van der Waals surface area contributed by atoms with E-state index < -0.39 is 0 Å². The minimum absolute atomic E-state index is 0.529. The van der Waals surface area contributed by atoms with Crippen LogP contribution in [-0.4, -0.2) is 31.1 Å². The molecule has 1 N–H and O–H groups in total. The molecule has 1 rings (SSSR count). The molecule has 0 spiro atoms. The highest BCUT2D eigenvalue weighted by molar-refractivity contribution is 5.28. The van der Waals surface area contributed by atoms with Crippen molar-refractivity contribution in [2.75, 3.05) is 20.1 Å². The van der Waals surface area contributed by atoms with Gasteiger partial charge in [0.25, 0.3) is 0 Å². The highest BCUT2D eigenvalue weighted by Crippen LogP contribution is 2.35. The van der Waals surface area contributed by atoms with Crippen LogP contribution in [0.2, 0.25) is 0 Å². The highest BCUT2D eigenvalue weighted by Gasteiger charge is 2.27. The summed E-state index contributed by atoms with van der Waals surface area (Å²) in [7, 11) is 2.00. The van der Waals surface area contributed by atoms with Crippen LogP contribution in [0.25, 0.3) is 0 Å². The molecule has 2 nitrogen and oxygen atoms in total. The van der Waals surface area contributed by atoms with Gasteiger partial charge in [0.05, 0.1) is 0 Å². The minimum atomic E-state index is 0.529. The first-order valence-corrected chi connectivity index (χ1v) is 16.1. The monoisotopic (exact) mass is 537 g/mol. The molecule has 0 aromatic rings. The van der Waals surface area contributed by atoms with Crippen LogP contribution in [0.5, 0.6) is 0 Å². The van der Waals surface area contributed by atoms with Gasteiger partial charge >= 0.3 is 0 Å². The average Bonchev–Trinajstić information content (AvgIpc) is 2.91. The molecule has 1 fully saturated rings. The van der Waals surface area contributed by atoms with Crippen LogP contribution in [0.15, 0.2) is 72.5 Å². The first-order valence-electron chi connectivity index (χ1n) is 16.1. The normalized spacial score (nSPS) is 19.8. The summed E-state index contributed by atoms with van der Waals surface area (Å²) in [5.41, 5.74) is 5.33. The van der Waals surface area contributed by atoms with Gasteiger partial charge in [-0.25, -0.2) is 0 Å². The zero-order valence-electron chi connectivity index (χ0n) is 27.0. The quantitative estimate of drug-likeness (QED) is 0.123. The second kappa shape index (κ2) is 20.1. The van der Waals surface area contributed by atoms with E-state index in [1.165, 1.54) is 67.4 Å². The Hall–Kier alpha value is -1.80. The molecular weight excluding hydrogens is 472 g/mol. The Morgan fingerprint density at radius 2 is 1.77 bits per heavy atom. The van der Waals surface area contributed by atoms with E-state index in [2.05, 4.69) is 102 Å². The molecule has 0 radical (unpaired) electrons. The smallest absolute Gasteiger partial charge is 0.0325 e. The second-order valence-electron chi connectivity index (χ2n) is 12.4. The van der Waals surface area contributed by atoms with Gasteiger partial charge in [0.2, 0.25) is 0 Å². The van der Waals surface area contributed by atoms with E-state index in [-0.39, 0.29) is 0 Å². The Bertz CT molecular complexity index is 811. The second-order valence-corrected chi connectivity index (χ2v) is 12.4. The largest absolute Gasteiger partial charge is 0.369 e. The number of nitrogens with zero attached hydrogens (tertiary/aromatic N) is 1. The molecule has 5 unspecified atom stereocenters. The summed E-state index contributed by atoms with van der Waals surface area (Å²) in [5.74, 6) is 2.29. The van der Waals surface area contributed by atoms with Gasteiger partial charge in [-0.05, 0) is 114 Å². The molecule has 0 aromatic carbocycles. The van der Waals surface area contributed by atoms with Gasteiger partial charge < -0.3 is 10.2 Å². The molecule has 0 amide bonds. The van der Waals surface area contributed by atoms with E-state index in [0.717, 1.165) is 38.8 Å². The highest BCUT2D eigenvalue weighted by atomic mass is 15.2. The van der Waals surface area contributed by atoms with Crippen molar-refractivity contribution >= 4 is 0 Å². The van der Waals surface area contributed by atoms with E-state index in [0.29, 0.717) is 29.7 Å². The van der Waals surface area contributed by atoms with Crippen molar-refractivity contribution in [3.8, 4) is 0 Å². The molecule has 2 heteroatoms. The number of hydrogen-bond acceptors (Lipinski definition) is 2. The van der Waals surface area contributed by atoms with Crippen LogP contribution < -0.4 is 5.32 Å². The van der Waals surface area contributed by atoms with Crippen LogP contribution in [0.4, 0.5) is 0 Å². The maximum Gasteiger partial charge on any atom is 0.0325 e. The van der Waals surface area contributed by atoms with Gasteiger partial charge in [0.15, 0.2) is 0 Å². The predicted molar refractivity (Wildman–Crippen MR) is 177 cm³/mol. The lowest BCUT2D eigenvalue weighted by molar-refractivity contribution is 0.182. The van der Waals surface area contributed by atoms with Gasteiger partial charge in [0, 0.05) is 18.3 Å². The van der Waals surface area contributed by atoms with Crippen LogP contribution in [0, 0.1) is 23.7 Å². The maximum absolute atomic E-state index is 4.59. The number of allylic oxidation sites excluding steroid dienone is 7. The minimum Gasteiger partial charge on any atom is -0.369 e. The van der Waals surface area contributed by atoms with Crippen molar-refractivity contribution in [1.82, 2.24) is 10.2 Å². The van der Waals surface area contributed by atoms with Crippen LogP contribution >= 0.6 is 0 Å². The number of nitrogens with one attached hydrogen (secondary N) is 1. The number of piperidine rings is 1. The van der Waals surface area contributed by atoms with E-state index >= 15 is 0 Å².